The molecule has 0 atom stereocenters. The first-order valence-electron chi connectivity index (χ1n) is 8.22. The van der Waals surface area contributed by atoms with Crippen LogP contribution in [0.2, 0.25) is 0 Å². The van der Waals surface area contributed by atoms with Crippen molar-refractivity contribution in [1.29, 1.82) is 0 Å². The lowest BCUT2D eigenvalue weighted by atomic mass is 10.1. The van der Waals surface area contributed by atoms with E-state index in [1.54, 1.807) is 22.7 Å². The molecule has 3 rings (SSSR count). The number of hydrogen-bond acceptors (Lipinski definition) is 6. The summed E-state index contributed by atoms with van der Waals surface area (Å²) in [5.41, 5.74) is 2.95. The van der Waals surface area contributed by atoms with E-state index in [0.717, 1.165) is 34.1 Å². The van der Waals surface area contributed by atoms with Crippen LogP contribution in [0.5, 0.6) is 0 Å². The number of aromatic nitrogens is 2. The molecule has 3 aromatic rings. The molecule has 0 bridgehead atoms. The van der Waals surface area contributed by atoms with E-state index in [0.29, 0.717) is 19.4 Å². The maximum Gasteiger partial charge on any atom is 0.220 e. The molecule has 0 saturated heterocycles. The van der Waals surface area contributed by atoms with Gasteiger partial charge in [0.15, 0.2) is 0 Å². The van der Waals surface area contributed by atoms with Gasteiger partial charge in [0.25, 0.3) is 0 Å². The van der Waals surface area contributed by atoms with E-state index in [1.807, 2.05) is 20.8 Å². The Morgan fingerprint density at radius 2 is 2.08 bits per heavy atom. The number of amides is 1. The Bertz CT molecular complexity index is 844. The third kappa shape index (κ3) is 4.55. The molecular formula is C18H21N3O2S2. The molecule has 0 fully saturated rings. The van der Waals surface area contributed by atoms with Gasteiger partial charge in [0.2, 0.25) is 5.91 Å². The topological polar surface area (TPSA) is 68.0 Å². The van der Waals surface area contributed by atoms with Crippen LogP contribution in [0.15, 0.2) is 22.0 Å². The van der Waals surface area contributed by atoms with Crippen molar-refractivity contribution in [2.45, 2.75) is 40.0 Å². The predicted molar refractivity (Wildman–Crippen MR) is 101 cm³/mol. The number of thiazole rings is 1. The lowest BCUT2D eigenvalue weighted by molar-refractivity contribution is -0.121. The fraction of sp³-hybridized carbons (Fsp3) is 0.389. The molecule has 3 aromatic heterocycles. The van der Waals surface area contributed by atoms with Gasteiger partial charge >= 0.3 is 0 Å². The molecule has 1 amide bonds. The van der Waals surface area contributed by atoms with Crippen molar-refractivity contribution in [3.63, 3.8) is 0 Å². The lowest BCUT2D eigenvalue weighted by Crippen LogP contribution is -2.25. The average Bonchev–Trinajstić information content (AvgIpc) is 3.28. The zero-order valence-corrected chi connectivity index (χ0v) is 16.2. The van der Waals surface area contributed by atoms with Crippen LogP contribution in [-0.2, 0) is 17.6 Å². The van der Waals surface area contributed by atoms with Crippen molar-refractivity contribution >= 4 is 28.6 Å². The maximum atomic E-state index is 12.0. The normalized spacial score (nSPS) is 11.0. The number of thiophene rings is 1. The van der Waals surface area contributed by atoms with E-state index in [4.69, 9.17) is 4.52 Å². The minimum absolute atomic E-state index is 0.0619. The standard InChI is InChI=1S/C18H21N3O2S2/c1-11-15(12(2)23-21-11)5-7-18(22)19-9-8-14-4-6-17(25-14)16-10-24-13(3)20-16/h4,6,10H,5,7-9H2,1-3H3,(H,19,22). The monoisotopic (exact) mass is 375 g/mol. The zero-order valence-electron chi connectivity index (χ0n) is 14.6. The van der Waals surface area contributed by atoms with Crippen LogP contribution >= 0.6 is 22.7 Å². The highest BCUT2D eigenvalue weighted by molar-refractivity contribution is 7.16. The number of rotatable bonds is 7. The largest absolute Gasteiger partial charge is 0.361 e. The van der Waals surface area contributed by atoms with Crippen LogP contribution in [0, 0.1) is 20.8 Å². The number of carbonyl (C=O) groups is 1. The molecule has 0 aromatic carbocycles. The summed E-state index contributed by atoms with van der Waals surface area (Å²) in [6, 6.07) is 4.22. The van der Waals surface area contributed by atoms with Crippen molar-refractivity contribution in [3.8, 4) is 10.6 Å². The summed E-state index contributed by atoms with van der Waals surface area (Å²) < 4.78 is 5.12. The van der Waals surface area contributed by atoms with Gasteiger partial charge < -0.3 is 9.84 Å². The molecule has 1 N–H and O–H groups in total. The van der Waals surface area contributed by atoms with Gasteiger partial charge in [0, 0.05) is 28.8 Å². The van der Waals surface area contributed by atoms with Crippen molar-refractivity contribution in [2.24, 2.45) is 0 Å². The van der Waals surface area contributed by atoms with Crippen LogP contribution in [0.25, 0.3) is 10.6 Å². The second-order valence-corrected chi connectivity index (χ2v) is 8.15. The second-order valence-electron chi connectivity index (χ2n) is 5.92. The highest BCUT2D eigenvalue weighted by Crippen LogP contribution is 2.29. The summed E-state index contributed by atoms with van der Waals surface area (Å²) in [7, 11) is 0. The number of aryl methyl sites for hydroxylation is 3. The molecule has 0 saturated carbocycles. The van der Waals surface area contributed by atoms with Crippen LogP contribution in [0.3, 0.4) is 0 Å². The van der Waals surface area contributed by atoms with Crippen LogP contribution in [0.1, 0.15) is 33.3 Å². The van der Waals surface area contributed by atoms with Gasteiger partial charge in [-0.3, -0.25) is 4.79 Å². The molecule has 5 nitrogen and oxygen atoms in total. The SMILES string of the molecule is Cc1nc(-c2ccc(CCNC(=O)CCc3c(C)noc3C)s2)cs1. The average molecular weight is 376 g/mol. The zero-order chi connectivity index (χ0) is 17.8. The van der Waals surface area contributed by atoms with E-state index in [9.17, 15) is 4.79 Å². The van der Waals surface area contributed by atoms with Crippen molar-refractivity contribution < 1.29 is 9.32 Å². The van der Waals surface area contributed by atoms with E-state index in [2.05, 4.69) is 33.0 Å². The van der Waals surface area contributed by atoms with Crippen molar-refractivity contribution in [2.75, 3.05) is 6.54 Å². The molecule has 0 radical (unpaired) electrons. The van der Waals surface area contributed by atoms with E-state index in [1.165, 1.54) is 9.75 Å². The fourth-order valence-corrected chi connectivity index (χ4v) is 4.29. The highest BCUT2D eigenvalue weighted by Gasteiger charge is 2.11. The summed E-state index contributed by atoms with van der Waals surface area (Å²) in [5, 5.41) is 10.1. The van der Waals surface area contributed by atoms with E-state index < -0.39 is 0 Å². The summed E-state index contributed by atoms with van der Waals surface area (Å²) in [5.74, 6) is 0.862. The Labute approximate surface area is 155 Å². The van der Waals surface area contributed by atoms with Gasteiger partial charge in [-0.1, -0.05) is 5.16 Å². The van der Waals surface area contributed by atoms with Gasteiger partial charge in [-0.05, 0) is 45.7 Å². The molecule has 7 heteroatoms. The van der Waals surface area contributed by atoms with Crippen LogP contribution in [-0.4, -0.2) is 22.6 Å². The molecule has 0 aliphatic heterocycles. The number of nitrogens with one attached hydrogen (secondary N) is 1. The van der Waals surface area contributed by atoms with Crippen molar-refractivity contribution in [3.05, 3.63) is 44.4 Å². The number of hydrogen-bond donors (Lipinski definition) is 1. The fourth-order valence-electron chi connectivity index (χ4n) is 2.64. The first-order chi connectivity index (χ1) is 12.0. The first-order valence-corrected chi connectivity index (χ1v) is 9.92. The lowest BCUT2D eigenvalue weighted by Gasteiger charge is -2.04. The Morgan fingerprint density at radius 1 is 1.24 bits per heavy atom. The third-order valence-corrected chi connectivity index (χ3v) is 5.95. The van der Waals surface area contributed by atoms with Crippen molar-refractivity contribution in [1.82, 2.24) is 15.5 Å². The molecular weight excluding hydrogens is 354 g/mol. The van der Waals surface area contributed by atoms with Crippen LogP contribution in [0.4, 0.5) is 0 Å². The minimum atomic E-state index is 0.0619. The smallest absolute Gasteiger partial charge is 0.220 e. The van der Waals surface area contributed by atoms with Gasteiger partial charge in [-0.15, -0.1) is 22.7 Å². The molecule has 0 aliphatic carbocycles. The number of nitrogens with zero attached hydrogens (tertiary/aromatic N) is 2. The van der Waals surface area contributed by atoms with E-state index >= 15 is 0 Å². The molecule has 0 unspecified atom stereocenters. The van der Waals surface area contributed by atoms with E-state index in [-0.39, 0.29) is 5.91 Å². The second kappa shape index (κ2) is 7.93. The summed E-state index contributed by atoms with van der Waals surface area (Å²) in [6.07, 6.45) is 1.96. The Morgan fingerprint density at radius 3 is 2.76 bits per heavy atom. The third-order valence-electron chi connectivity index (χ3n) is 4.01. The molecule has 0 aliphatic rings. The van der Waals surface area contributed by atoms with Gasteiger partial charge in [-0.2, -0.15) is 0 Å². The summed E-state index contributed by atoms with van der Waals surface area (Å²) in [6.45, 7) is 6.45. The van der Waals surface area contributed by atoms with Gasteiger partial charge in [0.1, 0.15) is 5.76 Å². The molecule has 132 valence electrons. The molecule has 25 heavy (non-hydrogen) atoms. The Kier molecular flexibility index (Phi) is 5.65. The highest BCUT2D eigenvalue weighted by atomic mass is 32.1. The summed E-state index contributed by atoms with van der Waals surface area (Å²) >= 11 is 3.40. The first kappa shape index (κ1) is 17.8. The van der Waals surface area contributed by atoms with Crippen LogP contribution < -0.4 is 5.32 Å². The number of carbonyl (C=O) groups excluding carboxylic acids is 1. The predicted octanol–water partition coefficient (Wildman–Crippen LogP) is 4.08. The summed E-state index contributed by atoms with van der Waals surface area (Å²) in [4.78, 5) is 19.0. The Balaban J connectivity index is 1.43. The molecule has 0 spiro atoms. The minimum Gasteiger partial charge on any atom is -0.361 e. The maximum absolute atomic E-state index is 12.0. The van der Waals surface area contributed by atoms with Gasteiger partial charge in [-0.25, -0.2) is 4.98 Å². The molecule has 3 heterocycles. The Hall–Kier alpha value is -1.99. The van der Waals surface area contributed by atoms with Gasteiger partial charge in [0.05, 0.1) is 21.3 Å². The quantitative estimate of drug-likeness (QED) is 0.676.